The van der Waals surface area contributed by atoms with Crippen LogP contribution in [0.2, 0.25) is 10.2 Å². The van der Waals surface area contributed by atoms with Crippen LogP contribution >= 0.6 is 23.2 Å². The minimum absolute atomic E-state index is 0.0107. The summed E-state index contributed by atoms with van der Waals surface area (Å²) in [7, 11) is -3.95. The van der Waals surface area contributed by atoms with E-state index in [-0.39, 0.29) is 26.1 Å². The lowest BCUT2D eigenvalue weighted by Crippen LogP contribution is -2.27. The monoisotopic (exact) mass is 270 g/mol. The SMILES string of the molecule is CCN(O)S(=O)(=O)c1cnc(Cl)c(Cl)c1. The minimum atomic E-state index is -3.95. The zero-order valence-electron chi connectivity index (χ0n) is 7.68. The smallest absolute Gasteiger partial charge is 0.266 e. The van der Waals surface area contributed by atoms with Crippen molar-refractivity contribution in [1.82, 2.24) is 9.45 Å². The molecule has 84 valence electrons. The first kappa shape index (κ1) is 12.7. The van der Waals surface area contributed by atoms with Gasteiger partial charge in [-0.1, -0.05) is 27.7 Å². The van der Waals surface area contributed by atoms with Gasteiger partial charge in [0.25, 0.3) is 10.0 Å². The Balaban J connectivity index is 3.23. The number of halogens is 2. The standard InChI is InChI=1S/C7H8Cl2N2O3S/c1-2-11(12)15(13,14)5-3-6(8)7(9)10-4-5/h3-4,12H,2H2,1H3. The highest BCUT2D eigenvalue weighted by Crippen LogP contribution is 2.23. The van der Waals surface area contributed by atoms with Crippen LogP contribution in [0, 0.1) is 0 Å². The lowest BCUT2D eigenvalue weighted by atomic mass is 10.5. The van der Waals surface area contributed by atoms with Gasteiger partial charge in [0, 0.05) is 12.7 Å². The van der Waals surface area contributed by atoms with E-state index in [1.54, 1.807) is 0 Å². The Hall–Kier alpha value is -0.400. The molecule has 1 rings (SSSR count). The van der Waals surface area contributed by atoms with Crippen molar-refractivity contribution in [2.24, 2.45) is 0 Å². The minimum Gasteiger partial charge on any atom is -0.299 e. The highest BCUT2D eigenvalue weighted by atomic mass is 35.5. The number of sulfonamides is 1. The van der Waals surface area contributed by atoms with E-state index in [0.29, 0.717) is 0 Å². The molecule has 0 amide bonds. The molecular weight excluding hydrogens is 263 g/mol. The number of rotatable bonds is 3. The summed E-state index contributed by atoms with van der Waals surface area (Å²) < 4.78 is 23.3. The predicted octanol–water partition coefficient (Wildman–Crippen LogP) is 1.79. The Labute approximate surface area is 97.3 Å². The molecule has 1 aromatic rings. The maximum absolute atomic E-state index is 11.6. The van der Waals surface area contributed by atoms with E-state index < -0.39 is 10.0 Å². The maximum atomic E-state index is 11.6. The van der Waals surface area contributed by atoms with Gasteiger partial charge in [-0.05, 0) is 13.0 Å². The van der Waals surface area contributed by atoms with E-state index in [2.05, 4.69) is 4.98 Å². The number of hydrogen-bond donors (Lipinski definition) is 1. The Morgan fingerprint density at radius 1 is 1.53 bits per heavy atom. The summed E-state index contributed by atoms with van der Waals surface area (Å²) in [4.78, 5) is 3.37. The van der Waals surface area contributed by atoms with Crippen LogP contribution in [0.3, 0.4) is 0 Å². The average molecular weight is 271 g/mol. The van der Waals surface area contributed by atoms with Crippen molar-refractivity contribution in [2.75, 3.05) is 6.54 Å². The molecule has 0 radical (unpaired) electrons. The first-order valence-corrected chi connectivity index (χ1v) is 6.12. The van der Waals surface area contributed by atoms with Gasteiger partial charge in [0.2, 0.25) is 0 Å². The lowest BCUT2D eigenvalue weighted by molar-refractivity contribution is 0.00855. The van der Waals surface area contributed by atoms with Crippen molar-refractivity contribution in [2.45, 2.75) is 11.8 Å². The normalized spacial score (nSPS) is 12.1. The number of hydrogen-bond acceptors (Lipinski definition) is 4. The first-order chi connectivity index (χ1) is 6.89. The number of nitrogens with zero attached hydrogens (tertiary/aromatic N) is 2. The van der Waals surface area contributed by atoms with E-state index in [9.17, 15) is 8.42 Å². The largest absolute Gasteiger partial charge is 0.299 e. The van der Waals surface area contributed by atoms with Crippen molar-refractivity contribution >= 4 is 33.2 Å². The fourth-order valence-electron chi connectivity index (χ4n) is 0.836. The van der Waals surface area contributed by atoms with Crippen LogP contribution in [-0.2, 0) is 10.0 Å². The second-order valence-corrected chi connectivity index (χ2v) is 5.20. The molecule has 5 nitrogen and oxygen atoms in total. The second-order valence-electron chi connectivity index (χ2n) is 2.59. The van der Waals surface area contributed by atoms with Gasteiger partial charge < -0.3 is 0 Å². The second kappa shape index (κ2) is 4.63. The number of aromatic nitrogens is 1. The molecule has 0 spiro atoms. The van der Waals surface area contributed by atoms with E-state index in [1.807, 2.05) is 0 Å². The summed E-state index contributed by atoms with van der Waals surface area (Å²) in [6, 6.07) is 1.13. The Morgan fingerprint density at radius 3 is 2.60 bits per heavy atom. The van der Waals surface area contributed by atoms with Crippen molar-refractivity contribution in [1.29, 1.82) is 0 Å². The van der Waals surface area contributed by atoms with Gasteiger partial charge in [0.15, 0.2) is 0 Å². The van der Waals surface area contributed by atoms with Crippen LogP contribution in [0.4, 0.5) is 0 Å². The molecule has 0 aliphatic heterocycles. The van der Waals surface area contributed by atoms with Crippen LogP contribution in [0.25, 0.3) is 0 Å². The quantitative estimate of drug-likeness (QED) is 0.672. The topological polar surface area (TPSA) is 70.5 Å². The lowest BCUT2D eigenvalue weighted by Gasteiger charge is -2.12. The third-order valence-electron chi connectivity index (χ3n) is 1.62. The van der Waals surface area contributed by atoms with E-state index >= 15 is 0 Å². The van der Waals surface area contributed by atoms with E-state index in [4.69, 9.17) is 28.4 Å². The molecule has 0 aliphatic rings. The van der Waals surface area contributed by atoms with Gasteiger partial charge in [-0.15, -0.1) is 0 Å². The average Bonchev–Trinajstić information content (AvgIpc) is 2.20. The van der Waals surface area contributed by atoms with Crippen LogP contribution in [0.5, 0.6) is 0 Å². The zero-order valence-corrected chi connectivity index (χ0v) is 10.0. The van der Waals surface area contributed by atoms with Crippen molar-refractivity contribution in [3.63, 3.8) is 0 Å². The summed E-state index contributed by atoms with van der Waals surface area (Å²) in [6.07, 6.45) is 1.03. The molecule has 1 N–H and O–H groups in total. The number of hydroxylamine groups is 1. The van der Waals surface area contributed by atoms with Crippen LogP contribution in [-0.4, -0.2) is 29.6 Å². The van der Waals surface area contributed by atoms with Gasteiger partial charge in [-0.2, -0.15) is 0 Å². The number of pyridine rings is 1. The van der Waals surface area contributed by atoms with Gasteiger partial charge >= 0.3 is 0 Å². The van der Waals surface area contributed by atoms with Gasteiger partial charge in [0.1, 0.15) is 10.0 Å². The molecule has 15 heavy (non-hydrogen) atoms. The van der Waals surface area contributed by atoms with Crippen molar-refractivity contribution in [3.8, 4) is 0 Å². The van der Waals surface area contributed by atoms with E-state index in [1.165, 1.54) is 6.92 Å². The first-order valence-electron chi connectivity index (χ1n) is 3.92. The Kier molecular flexibility index (Phi) is 3.91. The highest BCUT2D eigenvalue weighted by molar-refractivity contribution is 7.89. The Bertz CT molecular complexity index is 463. The fraction of sp³-hybridized carbons (Fsp3) is 0.286. The summed E-state index contributed by atoms with van der Waals surface area (Å²) in [5.74, 6) is 0. The van der Waals surface area contributed by atoms with Gasteiger partial charge in [-0.3, -0.25) is 5.21 Å². The van der Waals surface area contributed by atoms with Gasteiger partial charge in [-0.25, -0.2) is 13.4 Å². The van der Waals surface area contributed by atoms with Gasteiger partial charge in [0.05, 0.1) is 5.02 Å². The van der Waals surface area contributed by atoms with E-state index in [0.717, 1.165) is 12.3 Å². The van der Waals surface area contributed by atoms with Crippen molar-refractivity contribution in [3.05, 3.63) is 22.4 Å². The molecule has 8 heteroatoms. The molecule has 0 aliphatic carbocycles. The predicted molar refractivity (Wildman–Crippen MR) is 55.6 cm³/mol. The molecule has 1 heterocycles. The maximum Gasteiger partial charge on any atom is 0.266 e. The molecular formula is C7H8Cl2N2O3S. The molecule has 1 aromatic heterocycles. The summed E-state index contributed by atoms with van der Waals surface area (Å²) in [6.45, 7) is 1.42. The third kappa shape index (κ3) is 2.59. The summed E-state index contributed by atoms with van der Waals surface area (Å²) in [5, 5.41) is 9.17. The molecule has 0 fully saturated rings. The fourth-order valence-corrected chi connectivity index (χ4v) is 2.21. The molecule has 0 atom stereocenters. The third-order valence-corrected chi connectivity index (χ3v) is 3.94. The summed E-state index contributed by atoms with van der Waals surface area (Å²) in [5.41, 5.74) is 0. The molecule has 0 unspecified atom stereocenters. The molecule has 0 aromatic carbocycles. The zero-order chi connectivity index (χ0) is 11.6. The molecule has 0 saturated heterocycles. The van der Waals surface area contributed by atoms with Crippen LogP contribution < -0.4 is 0 Å². The van der Waals surface area contributed by atoms with Crippen LogP contribution in [0.1, 0.15) is 6.92 Å². The van der Waals surface area contributed by atoms with Crippen molar-refractivity contribution < 1.29 is 13.6 Å². The summed E-state index contributed by atoms with van der Waals surface area (Å²) >= 11 is 11.1. The molecule has 0 saturated carbocycles. The highest BCUT2D eigenvalue weighted by Gasteiger charge is 2.22. The molecule has 0 bridgehead atoms. The van der Waals surface area contributed by atoms with Crippen LogP contribution in [0.15, 0.2) is 17.2 Å². The Morgan fingerprint density at radius 2 is 2.13 bits per heavy atom.